The third-order valence-electron chi connectivity index (χ3n) is 10.6. The van der Waals surface area contributed by atoms with Crippen molar-refractivity contribution in [2.45, 2.75) is 97.8 Å². The lowest BCUT2D eigenvalue weighted by atomic mass is 9.84. The van der Waals surface area contributed by atoms with Crippen molar-refractivity contribution in [2.75, 3.05) is 23.4 Å². The van der Waals surface area contributed by atoms with E-state index in [1.807, 2.05) is 101 Å². The highest BCUT2D eigenvalue weighted by Gasteiger charge is 2.29. The number of amides is 1. The van der Waals surface area contributed by atoms with Gasteiger partial charge in [0, 0.05) is 30.6 Å². The van der Waals surface area contributed by atoms with E-state index in [-0.39, 0.29) is 23.7 Å². The van der Waals surface area contributed by atoms with Crippen molar-refractivity contribution in [2.24, 2.45) is 5.92 Å². The van der Waals surface area contributed by atoms with E-state index >= 15 is 0 Å². The molecule has 2 aromatic heterocycles. The summed E-state index contributed by atoms with van der Waals surface area (Å²) in [5.74, 6) is 1.07. The maximum atomic E-state index is 13.9. The van der Waals surface area contributed by atoms with E-state index in [1.54, 1.807) is 0 Å². The van der Waals surface area contributed by atoms with E-state index < -0.39 is 11.6 Å². The van der Waals surface area contributed by atoms with Crippen LogP contribution >= 0.6 is 11.3 Å². The van der Waals surface area contributed by atoms with Gasteiger partial charge in [-0.1, -0.05) is 47.7 Å². The van der Waals surface area contributed by atoms with Gasteiger partial charge in [-0.15, -0.1) is 0 Å². The van der Waals surface area contributed by atoms with Crippen LogP contribution in [0.25, 0.3) is 21.3 Å². The molecule has 56 heavy (non-hydrogen) atoms. The van der Waals surface area contributed by atoms with Crippen molar-refractivity contribution in [3.63, 3.8) is 0 Å². The van der Waals surface area contributed by atoms with E-state index in [1.165, 1.54) is 11.3 Å². The highest BCUT2D eigenvalue weighted by Crippen LogP contribution is 2.37. The Morgan fingerprint density at radius 3 is 2.46 bits per heavy atom. The number of hydrogen-bond donors (Lipinski definition) is 1. The number of pyridine rings is 1. The van der Waals surface area contributed by atoms with Gasteiger partial charge in [0.15, 0.2) is 10.8 Å². The maximum Gasteiger partial charge on any atom is 0.358 e. The van der Waals surface area contributed by atoms with Crippen LogP contribution < -0.4 is 15.0 Å². The Morgan fingerprint density at radius 2 is 1.70 bits per heavy atom. The maximum absolute atomic E-state index is 13.9. The van der Waals surface area contributed by atoms with Gasteiger partial charge in [0.05, 0.1) is 22.9 Å². The number of aromatic nitrogens is 2. The number of thiazole rings is 1. The standard InChI is InChI=1S/C45H50N4O6S/c1-6-53-40(50)24-19-29-17-20-31(21-18-29)54-37-15-10-12-32(28(37)2)33-22-23-39(47-41(33)43(52)55-45(3,4)5)49-26-25-30-11-9-13-34(35(30)27-49)42(51)48-44-46-36-14-7-8-16-38(36)56-44/h7-16,22-23,29,31H,6,17-21,24-27H2,1-5H3,(H,46,48,51). The average Bonchev–Trinajstić information content (AvgIpc) is 3.59. The summed E-state index contributed by atoms with van der Waals surface area (Å²) in [6, 6.07) is 23.5. The van der Waals surface area contributed by atoms with Gasteiger partial charge in [0.2, 0.25) is 0 Å². The molecule has 292 valence electrons. The number of nitrogens with one attached hydrogen (secondary N) is 1. The first kappa shape index (κ1) is 39.0. The molecule has 0 bridgehead atoms. The number of rotatable bonds is 11. The normalized spacial score (nSPS) is 16.9. The molecule has 3 heterocycles. The molecule has 0 atom stereocenters. The molecule has 1 amide bonds. The van der Waals surface area contributed by atoms with Crippen molar-refractivity contribution >= 4 is 50.3 Å². The van der Waals surface area contributed by atoms with E-state index in [0.29, 0.717) is 60.5 Å². The van der Waals surface area contributed by atoms with Crippen LogP contribution in [0.5, 0.6) is 5.75 Å². The third kappa shape index (κ3) is 9.05. The fourth-order valence-corrected chi connectivity index (χ4v) is 8.57. The number of anilines is 2. The summed E-state index contributed by atoms with van der Waals surface area (Å²) >= 11 is 1.45. The smallest absolute Gasteiger partial charge is 0.358 e. The molecular weight excluding hydrogens is 725 g/mol. The van der Waals surface area contributed by atoms with Crippen LogP contribution in [0.1, 0.15) is 104 Å². The molecular formula is C45H50N4O6S. The lowest BCUT2D eigenvalue weighted by Gasteiger charge is -2.31. The summed E-state index contributed by atoms with van der Waals surface area (Å²) < 4.78 is 18.7. The fourth-order valence-electron chi connectivity index (χ4n) is 7.71. The van der Waals surface area contributed by atoms with Gasteiger partial charge < -0.3 is 19.1 Å². The molecule has 1 fully saturated rings. The summed E-state index contributed by atoms with van der Waals surface area (Å²) in [5.41, 5.74) is 5.42. The largest absolute Gasteiger partial charge is 0.490 e. The molecule has 1 aliphatic heterocycles. The van der Waals surface area contributed by atoms with Crippen molar-refractivity contribution in [3.8, 4) is 16.9 Å². The number of fused-ring (bicyclic) bond motifs is 2. The lowest BCUT2D eigenvalue weighted by Crippen LogP contribution is -2.33. The van der Waals surface area contributed by atoms with Gasteiger partial charge in [0.25, 0.3) is 5.91 Å². The molecule has 1 N–H and O–H groups in total. The van der Waals surface area contributed by atoms with Crippen LogP contribution in [0, 0.1) is 12.8 Å². The van der Waals surface area contributed by atoms with Crippen molar-refractivity contribution in [1.82, 2.24) is 9.97 Å². The quantitative estimate of drug-likeness (QED) is 0.131. The predicted molar refractivity (Wildman–Crippen MR) is 221 cm³/mol. The molecule has 0 radical (unpaired) electrons. The minimum atomic E-state index is -0.725. The highest BCUT2D eigenvalue weighted by atomic mass is 32.1. The molecule has 0 unspecified atom stereocenters. The molecule has 0 saturated heterocycles. The number of ether oxygens (including phenoxy) is 3. The van der Waals surface area contributed by atoms with Crippen LogP contribution in [0.2, 0.25) is 0 Å². The Bertz CT molecular complexity index is 2200. The van der Waals surface area contributed by atoms with Gasteiger partial charge in [-0.2, -0.15) is 0 Å². The first-order valence-corrected chi connectivity index (χ1v) is 20.5. The number of nitrogens with zero attached hydrogens (tertiary/aromatic N) is 3. The van der Waals surface area contributed by atoms with Gasteiger partial charge >= 0.3 is 11.9 Å². The molecule has 0 spiro atoms. The number of para-hydroxylation sites is 1. The molecule has 10 nitrogen and oxygen atoms in total. The van der Waals surface area contributed by atoms with Gasteiger partial charge in [-0.05, 0) is 138 Å². The molecule has 7 rings (SSSR count). The monoisotopic (exact) mass is 774 g/mol. The number of benzene rings is 3. The summed E-state index contributed by atoms with van der Waals surface area (Å²) in [6.45, 7) is 10.9. The highest BCUT2D eigenvalue weighted by molar-refractivity contribution is 7.22. The molecule has 11 heteroatoms. The SMILES string of the molecule is CCOC(=O)CCC1CCC(Oc2cccc(-c3ccc(N4CCc5cccc(C(=O)Nc6nc7ccccc7s6)c5C4)nc3C(=O)OC(C)(C)C)c2C)CC1. The average molecular weight is 775 g/mol. The first-order valence-electron chi connectivity index (χ1n) is 19.6. The Balaban J connectivity index is 1.11. The second kappa shape index (κ2) is 16.8. The third-order valence-corrected chi connectivity index (χ3v) is 11.5. The zero-order valence-electron chi connectivity index (χ0n) is 32.9. The van der Waals surface area contributed by atoms with E-state index in [4.69, 9.17) is 19.2 Å². The predicted octanol–water partition coefficient (Wildman–Crippen LogP) is 9.72. The van der Waals surface area contributed by atoms with Crippen LogP contribution in [0.15, 0.2) is 72.8 Å². The summed E-state index contributed by atoms with van der Waals surface area (Å²) in [6.07, 6.45) is 5.95. The zero-order chi connectivity index (χ0) is 39.4. The number of carbonyl (C=O) groups excluding carboxylic acids is 3. The number of carbonyl (C=O) groups is 3. The topological polar surface area (TPSA) is 120 Å². The van der Waals surface area contributed by atoms with E-state index in [9.17, 15) is 14.4 Å². The minimum Gasteiger partial charge on any atom is -0.490 e. The van der Waals surface area contributed by atoms with Gasteiger partial charge in [0.1, 0.15) is 17.2 Å². The van der Waals surface area contributed by atoms with Crippen molar-refractivity contribution < 1.29 is 28.6 Å². The lowest BCUT2D eigenvalue weighted by molar-refractivity contribution is -0.143. The number of hydrogen-bond acceptors (Lipinski definition) is 10. The zero-order valence-corrected chi connectivity index (χ0v) is 33.7. The number of esters is 2. The van der Waals surface area contributed by atoms with Crippen LogP contribution in [0.4, 0.5) is 10.9 Å². The summed E-state index contributed by atoms with van der Waals surface area (Å²) in [4.78, 5) is 51.2. The Kier molecular flexibility index (Phi) is 11.7. The molecule has 1 saturated carbocycles. The van der Waals surface area contributed by atoms with E-state index in [2.05, 4.69) is 21.3 Å². The van der Waals surface area contributed by atoms with Crippen LogP contribution in [-0.4, -0.2) is 52.7 Å². The van der Waals surface area contributed by atoms with Gasteiger partial charge in [-0.25, -0.2) is 14.8 Å². The Morgan fingerprint density at radius 1 is 0.911 bits per heavy atom. The minimum absolute atomic E-state index is 0.0729. The summed E-state index contributed by atoms with van der Waals surface area (Å²) in [7, 11) is 0. The molecule has 1 aliphatic carbocycles. The molecule has 3 aromatic carbocycles. The Labute approximate surface area is 332 Å². The molecule has 2 aliphatic rings. The van der Waals surface area contributed by atoms with Gasteiger partial charge in [-0.3, -0.25) is 14.9 Å². The van der Waals surface area contributed by atoms with Crippen molar-refractivity contribution in [3.05, 3.63) is 101 Å². The van der Waals surface area contributed by atoms with Crippen LogP contribution in [-0.2, 0) is 27.2 Å². The second-order valence-electron chi connectivity index (χ2n) is 15.7. The summed E-state index contributed by atoms with van der Waals surface area (Å²) in [5, 5.41) is 3.58. The van der Waals surface area contributed by atoms with E-state index in [0.717, 1.165) is 70.3 Å². The second-order valence-corrected chi connectivity index (χ2v) is 16.7. The Hall–Kier alpha value is -5.29. The molecule has 5 aromatic rings. The fraction of sp³-hybridized carbons (Fsp3) is 0.400. The first-order chi connectivity index (χ1) is 27.0. The van der Waals surface area contributed by atoms with Crippen LogP contribution in [0.3, 0.4) is 0 Å². The van der Waals surface area contributed by atoms with Crippen molar-refractivity contribution in [1.29, 1.82) is 0 Å².